The maximum absolute atomic E-state index is 12.2. The molecule has 5 nitrogen and oxygen atoms in total. The molecule has 2 aromatic rings. The molecule has 0 saturated carbocycles. The Morgan fingerprint density at radius 2 is 1.43 bits per heavy atom. The Kier molecular flexibility index (Phi) is 5.25. The highest BCUT2D eigenvalue weighted by atomic mass is 16.6. The van der Waals surface area contributed by atoms with Gasteiger partial charge in [0.1, 0.15) is 0 Å². The van der Waals surface area contributed by atoms with Crippen molar-refractivity contribution in [3.05, 3.63) is 71.3 Å². The number of ether oxygens (including phenoxy) is 1. The molecule has 0 heterocycles. The smallest absolute Gasteiger partial charge is 0.345 e. The molecular weight excluding hydrogens is 296 g/mol. The van der Waals surface area contributed by atoms with Crippen LogP contribution in [0.1, 0.15) is 39.6 Å². The predicted octanol–water partition coefficient (Wildman–Crippen LogP) is 2.94. The van der Waals surface area contributed by atoms with Crippen molar-refractivity contribution < 1.29 is 24.2 Å². The molecule has 5 heteroatoms. The van der Waals surface area contributed by atoms with Crippen molar-refractivity contribution in [3.63, 3.8) is 0 Å². The molecule has 1 unspecified atom stereocenters. The molecule has 2 rings (SSSR count). The van der Waals surface area contributed by atoms with Crippen LogP contribution >= 0.6 is 0 Å². The van der Waals surface area contributed by atoms with Crippen LogP contribution in [-0.2, 0) is 9.53 Å². The van der Waals surface area contributed by atoms with E-state index in [1.165, 1.54) is 24.3 Å². The van der Waals surface area contributed by atoms with Crippen LogP contribution in [0.2, 0.25) is 0 Å². The number of aliphatic carboxylic acids is 1. The number of benzene rings is 2. The molecule has 0 fully saturated rings. The minimum absolute atomic E-state index is 0.150. The Hall–Kier alpha value is -2.95. The topological polar surface area (TPSA) is 80.7 Å². The van der Waals surface area contributed by atoms with Crippen molar-refractivity contribution in [2.24, 2.45) is 0 Å². The fourth-order valence-corrected chi connectivity index (χ4v) is 2.02. The lowest BCUT2D eigenvalue weighted by Crippen LogP contribution is -2.26. The Morgan fingerprint density at radius 3 is 1.96 bits per heavy atom. The van der Waals surface area contributed by atoms with Gasteiger partial charge in [-0.25, -0.2) is 9.59 Å². The molecule has 23 heavy (non-hydrogen) atoms. The molecule has 118 valence electrons. The normalized spacial score (nSPS) is 11.5. The van der Waals surface area contributed by atoms with Gasteiger partial charge in [-0.2, -0.15) is 0 Å². The van der Waals surface area contributed by atoms with Gasteiger partial charge in [0.15, 0.2) is 11.9 Å². The summed E-state index contributed by atoms with van der Waals surface area (Å²) in [6.07, 6.45) is -0.987. The minimum Gasteiger partial charge on any atom is -0.479 e. The zero-order valence-electron chi connectivity index (χ0n) is 12.6. The molecule has 0 aromatic heterocycles. The van der Waals surface area contributed by atoms with Gasteiger partial charge in [-0.05, 0) is 18.6 Å². The van der Waals surface area contributed by atoms with Crippen LogP contribution in [0.5, 0.6) is 0 Å². The van der Waals surface area contributed by atoms with Crippen molar-refractivity contribution in [3.8, 4) is 0 Å². The lowest BCUT2D eigenvalue weighted by molar-refractivity contribution is -0.147. The summed E-state index contributed by atoms with van der Waals surface area (Å²) in [5, 5.41) is 8.89. The van der Waals surface area contributed by atoms with Gasteiger partial charge in [-0.15, -0.1) is 0 Å². The van der Waals surface area contributed by atoms with Gasteiger partial charge < -0.3 is 9.84 Å². The van der Waals surface area contributed by atoms with E-state index in [9.17, 15) is 14.4 Å². The second-order valence-corrected chi connectivity index (χ2v) is 4.91. The van der Waals surface area contributed by atoms with Crippen LogP contribution in [0.4, 0.5) is 0 Å². The van der Waals surface area contributed by atoms with E-state index in [1.807, 2.05) is 6.07 Å². The van der Waals surface area contributed by atoms with E-state index in [-0.39, 0.29) is 17.8 Å². The van der Waals surface area contributed by atoms with Gasteiger partial charge in [-0.1, -0.05) is 49.4 Å². The highest BCUT2D eigenvalue weighted by molar-refractivity contribution is 6.09. The first-order valence-electron chi connectivity index (χ1n) is 7.16. The van der Waals surface area contributed by atoms with Crippen molar-refractivity contribution in [1.82, 2.24) is 0 Å². The molecule has 0 aliphatic carbocycles. The van der Waals surface area contributed by atoms with Crippen LogP contribution in [0.25, 0.3) is 0 Å². The Labute approximate surface area is 133 Å². The lowest BCUT2D eigenvalue weighted by Gasteiger charge is -2.11. The van der Waals surface area contributed by atoms with Crippen LogP contribution in [0.3, 0.4) is 0 Å². The monoisotopic (exact) mass is 312 g/mol. The maximum Gasteiger partial charge on any atom is 0.345 e. The number of carbonyl (C=O) groups excluding carboxylic acids is 2. The molecule has 0 aliphatic rings. The van der Waals surface area contributed by atoms with Gasteiger partial charge in [-0.3, -0.25) is 4.79 Å². The maximum atomic E-state index is 12.2. The largest absolute Gasteiger partial charge is 0.479 e. The van der Waals surface area contributed by atoms with E-state index in [0.717, 1.165) is 0 Å². The van der Waals surface area contributed by atoms with Gasteiger partial charge >= 0.3 is 11.9 Å². The first kappa shape index (κ1) is 16.4. The number of hydrogen-bond acceptors (Lipinski definition) is 4. The number of ketones is 1. The average Bonchev–Trinajstić information content (AvgIpc) is 2.59. The Balaban J connectivity index is 2.12. The third-order valence-electron chi connectivity index (χ3n) is 3.31. The Morgan fingerprint density at radius 1 is 0.913 bits per heavy atom. The lowest BCUT2D eigenvalue weighted by atomic mass is 10.0. The van der Waals surface area contributed by atoms with Crippen LogP contribution in [0, 0.1) is 0 Å². The minimum atomic E-state index is -1.18. The third-order valence-corrected chi connectivity index (χ3v) is 3.31. The summed E-state index contributed by atoms with van der Waals surface area (Å²) in [7, 11) is 0. The van der Waals surface area contributed by atoms with Crippen LogP contribution < -0.4 is 0 Å². The number of esters is 1. The van der Waals surface area contributed by atoms with E-state index in [4.69, 9.17) is 9.84 Å². The average molecular weight is 312 g/mol. The summed E-state index contributed by atoms with van der Waals surface area (Å²) < 4.78 is 4.91. The molecule has 1 atom stereocenters. The molecule has 0 bridgehead atoms. The first-order chi connectivity index (χ1) is 11.0. The standard InChI is InChI=1S/C18H16O5/c1-2-15(17(20)21)23-18(22)14-10-8-13(9-11-14)16(19)12-6-4-3-5-7-12/h3-11,15H,2H2,1H3,(H,20,21). The molecule has 0 radical (unpaired) electrons. The second-order valence-electron chi connectivity index (χ2n) is 4.91. The van der Waals surface area contributed by atoms with E-state index < -0.39 is 18.0 Å². The van der Waals surface area contributed by atoms with Crippen LogP contribution in [0.15, 0.2) is 54.6 Å². The van der Waals surface area contributed by atoms with E-state index in [1.54, 1.807) is 31.2 Å². The number of carboxylic acid groups (broad SMARTS) is 1. The number of carboxylic acids is 1. The summed E-state index contributed by atoms with van der Waals surface area (Å²) in [4.78, 5) is 35.0. The summed E-state index contributed by atoms with van der Waals surface area (Å²) in [6.45, 7) is 1.62. The highest BCUT2D eigenvalue weighted by Crippen LogP contribution is 2.13. The molecule has 1 N–H and O–H groups in total. The fourth-order valence-electron chi connectivity index (χ4n) is 2.02. The van der Waals surface area contributed by atoms with Gasteiger partial charge in [0, 0.05) is 11.1 Å². The summed E-state index contributed by atoms with van der Waals surface area (Å²) in [5.74, 6) is -2.06. The predicted molar refractivity (Wildman–Crippen MR) is 83.4 cm³/mol. The van der Waals surface area contributed by atoms with E-state index in [2.05, 4.69) is 0 Å². The zero-order chi connectivity index (χ0) is 16.8. The van der Waals surface area contributed by atoms with Crippen molar-refractivity contribution in [2.75, 3.05) is 0 Å². The molecule has 0 amide bonds. The number of carbonyl (C=O) groups is 3. The summed E-state index contributed by atoms with van der Waals surface area (Å²) >= 11 is 0. The van der Waals surface area contributed by atoms with E-state index in [0.29, 0.717) is 11.1 Å². The molecule has 2 aromatic carbocycles. The van der Waals surface area contributed by atoms with Gasteiger partial charge in [0.2, 0.25) is 0 Å². The summed E-state index contributed by atoms with van der Waals surface area (Å²) in [5.41, 5.74) is 1.20. The molecule has 0 saturated heterocycles. The van der Waals surface area contributed by atoms with Crippen LogP contribution in [-0.4, -0.2) is 28.9 Å². The molecule has 0 spiro atoms. The van der Waals surface area contributed by atoms with Crippen molar-refractivity contribution >= 4 is 17.7 Å². The third kappa shape index (κ3) is 4.03. The van der Waals surface area contributed by atoms with E-state index >= 15 is 0 Å². The van der Waals surface area contributed by atoms with Crippen molar-refractivity contribution in [1.29, 1.82) is 0 Å². The zero-order valence-corrected chi connectivity index (χ0v) is 12.6. The van der Waals surface area contributed by atoms with Crippen molar-refractivity contribution in [2.45, 2.75) is 19.4 Å². The quantitative estimate of drug-likeness (QED) is 0.655. The highest BCUT2D eigenvalue weighted by Gasteiger charge is 2.21. The summed E-state index contributed by atoms with van der Waals surface area (Å²) in [6, 6.07) is 14.7. The SMILES string of the molecule is CCC(OC(=O)c1ccc(C(=O)c2ccccc2)cc1)C(=O)O. The number of hydrogen-bond donors (Lipinski definition) is 1. The van der Waals surface area contributed by atoms with Gasteiger partial charge in [0.05, 0.1) is 5.56 Å². The Bertz CT molecular complexity index is 704. The first-order valence-corrected chi connectivity index (χ1v) is 7.16. The number of rotatable bonds is 6. The fraction of sp³-hybridized carbons (Fsp3) is 0.167. The second kappa shape index (κ2) is 7.35. The van der Waals surface area contributed by atoms with Gasteiger partial charge in [0.25, 0.3) is 0 Å². The molecular formula is C18H16O5. The molecule has 0 aliphatic heterocycles.